The molecular weight excluding hydrogens is 368 g/mol. The van der Waals surface area contributed by atoms with E-state index in [9.17, 15) is 14.4 Å². The van der Waals surface area contributed by atoms with Crippen molar-refractivity contribution in [3.63, 3.8) is 0 Å². The lowest BCUT2D eigenvalue weighted by atomic mass is 10.2. The molecule has 0 bridgehead atoms. The van der Waals surface area contributed by atoms with Crippen LogP contribution < -0.4 is 10.6 Å². The van der Waals surface area contributed by atoms with E-state index in [1.807, 2.05) is 0 Å². The number of hydrogen-bond acceptors (Lipinski definition) is 6. The van der Waals surface area contributed by atoms with Gasteiger partial charge in [-0.25, -0.2) is 9.59 Å². The molecule has 2 rings (SSSR count). The van der Waals surface area contributed by atoms with Crippen molar-refractivity contribution in [1.82, 2.24) is 5.32 Å². The number of rotatable bonds is 2. The minimum absolute atomic E-state index is 0.155. The van der Waals surface area contributed by atoms with E-state index in [0.29, 0.717) is 16.3 Å². The van der Waals surface area contributed by atoms with Crippen LogP contribution in [-0.4, -0.2) is 42.5 Å². The van der Waals surface area contributed by atoms with Crippen LogP contribution in [0.1, 0.15) is 31.1 Å². The summed E-state index contributed by atoms with van der Waals surface area (Å²) in [7, 11) is 1.25. The maximum Gasteiger partial charge on any atom is 0.408 e. The van der Waals surface area contributed by atoms with Crippen molar-refractivity contribution in [3.8, 4) is 0 Å². The van der Waals surface area contributed by atoms with E-state index < -0.39 is 29.6 Å². The zero-order valence-electron chi connectivity index (χ0n) is 14.3. The van der Waals surface area contributed by atoms with Gasteiger partial charge < -0.3 is 20.1 Å². The van der Waals surface area contributed by atoms with Crippen molar-refractivity contribution in [2.75, 3.05) is 18.2 Å². The van der Waals surface area contributed by atoms with Gasteiger partial charge in [-0.3, -0.25) is 4.79 Å². The van der Waals surface area contributed by atoms with Gasteiger partial charge >= 0.3 is 12.1 Å². The van der Waals surface area contributed by atoms with E-state index in [-0.39, 0.29) is 10.6 Å². The van der Waals surface area contributed by atoms with Gasteiger partial charge in [0.15, 0.2) is 0 Å². The van der Waals surface area contributed by atoms with Crippen LogP contribution in [0.25, 0.3) is 0 Å². The highest BCUT2D eigenvalue weighted by atomic mass is 35.5. The average Bonchev–Trinajstić information content (AvgIpc) is 2.63. The van der Waals surface area contributed by atoms with E-state index in [2.05, 4.69) is 15.4 Å². The minimum Gasteiger partial charge on any atom is -0.465 e. The molecule has 1 atom stereocenters. The fourth-order valence-electron chi connectivity index (χ4n) is 2.06. The third kappa shape index (κ3) is 5.02. The molecule has 1 aromatic rings. The standard InChI is InChI=1S/C16H19ClN2O5S/c1-16(2,3)24-15(22)19-11-7-25-12-6-9(17)8(14(21)23-4)5-10(12)18-13(11)20/h5-6,11H,7H2,1-4H3,(H,18,20)(H,19,22)/t11-/m0/s1. The van der Waals surface area contributed by atoms with Gasteiger partial charge in [0.05, 0.1) is 23.4 Å². The smallest absolute Gasteiger partial charge is 0.408 e. The Hall–Kier alpha value is -1.93. The Morgan fingerprint density at radius 2 is 2.04 bits per heavy atom. The lowest BCUT2D eigenvalue weighted by Gasteiger charge is -2.22. The number of thioether (sulfide) groups is 1. The van der Waals surface area contributed by atoms with E-state index in [4.69, 9.17) is 16.3 Å². The van der Waals surface area contributed by atoms with Gasteiger partial charge in [0, 0.05) is 10.6 Å². The summed E-state index contributed by atoms with van der Waals surface area (Å²) >= 11 is 7.43. The lowest BCUT2D eigenvalue weighted by Crippen LogP contribution is -2.46. The molecule has 0 spiro atoms. The number of carbonyl (C=O) groups is 3. The predicted molar refractivity (Wildman–Crippen MR) is 95.3 cm³/mol. The fourth-order valence-corrected chi connectivity index (χ4v) is 3.42. The summed E-state index contributed by atoms with van der Waals surface area (Å²) < 4.78 is 9.84. The molecule has 0 saturated heterocycles. The zero-order valence-corrected chi connectivity index (χ0v) is 15.8. The predicted octanol–water partition coefficient (Wildman–Crippen LogP) is 3.06. The van der Waals surface area contributed by atoms with Gasteiger partial charge in [0.1, 0.15) is 11.6 Å². The number of alkyl carbamates (subject to hydrolysis) is 1. The third-order valence-electron chi connectivity index (χ3n) is 3.15. The molecule has 136 valence electrons. The quantitative estimate of drug-likeness (QED) is 0.758. The van der Waals surface area contributed by atoms with Crippen molar-refractivity contribution >= 4 is 47.0 Å². The summed E-state index contributed by atoms with van der Waals surface area (Å²) in [6.45, 7) is 5.21. The maximum atomic E-state index is 12.4. The largest absolute Gasteiger partial charge is 0.465 e. The van der Waals surface area contributed by atoms with E-state index in [1.54, 1.807) is 26.8 Å². The average molecular weight is 387 g/mol. The van der Waals surface area contributed by atoms with Gasteiger partial charge in [-0.15, -0.1) is 11.8 Å². The van der Waals surface area contributed by atoms with Crippen molar-refractivity contribution in [3.05, 3.63) is 22.7 Å². The Balaban J connectivity index is 2.17. The van der Waals surface area contributed by atoms with Crippen LogP contribution in [0, 0.1) is 0 Å². The molecule has 0 fully saturated rings. The Morgan fingerprint density at radius 1 is 1.36 bits per heavy atom. The van der Waals surface area contributed by atoms with Gasteiger partial charge in [-0.1, -0.05) is 11.6 Å². The number of methoxy groups -OCH3 is 1. The Kier molecular flexibility index (Phi) is 5.84. The molecule has 0 aromatic heterocycles. The van der Waals surface area contributed by atoms with E-state index in [0.717, 1.165) is 0 Å². The van der Waals surface area contributed by atoms with Crippen LogP contribution in [0.15, 0.2) is 17.0 Å². The second-order valence-corrected chi connectivity index (χ2v) is 7.79. The summed E-state index contributed by atoms with van der Waals surface area (Å²) in [5.41, 5.74) is -0.0692. The first-order valence-corrected chi connectivity index (χ1v) is 8.82. The first-order chi connectivity index (χ1) is 11.6. The van der Waals surface area contributed by atoms with Crippen molar-refractivity contribution in [2.45, 2.75) is 37.3 Å². The monoisotopic (exact) mass is 386 g/mol. The molecule has 0 radical (unpaired) electrons. The molecule has 0 unspecified atom stereocenters. The molecule has 1 aliphatic heterocycles. The number of ether oxygens (including phenoxy) is 2. The molecular formula is C16H19ClN2O5S. The van der Waals surface area contributed by atoms with E-state index >= 15 is 0 Å². The minimum atomic E-state index is -0.785. The van der Waals surface area contributed by atoms with Gasteiger partial charge in [0.2, 0.25) is 5.91 Å². The SMILES string of the molecule is COC(=O)c1cc2c(cc1Cl)SC[C@H](NC(=O)OC(C)(C)C)C(=O)N2. The van der Waals surface area contributed by atoms with Crippen molar-refractivity contribution < 1.29 is 23.9 Å². The molecule has 2 N–H and O–H groups in total. The van der Waals surface area contributed by atoms with Crippen molar-refractivity contribution in [2.24, 2.45) is 0 Å². The number of esters is 1. The van der Waals surface area contributed by atoms with Crippen molar-refractivity contribution in [1.29, 1.82) is 0 Å². The molecule has 2 amide bonds. The third-order valence-corrected chi connectivity index (χ3v) is 4.61. The van der Waals surface area contributed by atoms with Crippen LogP contribution in [0.2, 0.25) is 5.02 Å². The number of nitrogens with one attached hydrogen (secondary N) is 2. The molecule has 1 heterocycles. The van der Waals surface area contributed by atoms with Crippen LogP contribution in [0.4, 0.5) is 10.5 Å². The number of hydrogen-bond donors (Lipinski definition) is 2. The number of amides is 2. The highest BCUT2D eigenvalue weighted by Crippen LogP contribution is 2.35. The van der Waals surface area contributed by atoms with E-state index in [1.165, 1.54) is 24.9 Å². The summed E-state index contributed by atoms with van der Waals surface area (Å²) in [4.78, 5) is 36.7. The van der Waals surface area contributed by atoms with Gasteiger partial charge in [0.25, 0.3) is 0 Å². The first-order valence-electron chi connectivity index (χ1n) is 7.46. The number of carbonyl (C=O) groups excluding carboxylic acids is 3. The summed E-state index contributed by atoms with van der Waals surface area (Å²) in [6.07, 6.45) is -0.674. The molecule has 9 heteroatoms. The van der Waals surface area contributed by atoms with Crippen LogP contribution in [-0.2, 0) is 14.3 Å². The fraction of sp³-hybridized carbons (Fsp3) is 0.438. The highest BCUT2D eigenvalue weighted by molar-refractivity contribution is 7.99. The highest BCUT2D eigenvalue weighted by Gasteiger charge is 2.29. The topological polar surface area (TPSA) is 93.7 Å². The Labute approximate surface area is 154 Å². The Bertz CT molecular complexity index is 717. The number of halogens is 1. The summed E-state index contributed by atoms with van der Waals surface area (Å²) in [5, 5.41) is 5.46. The number of benzene rings is 1. The summed E-state index contributed by atoms with van der Waals surface area (Å²) in [5.74, 6) is -0.707. The summed E-state index contributed by atoms with van der Waals surface area (Å²) in [6, 6.07) is 2.27. The molecule has 0 aliphatic carbocycles. The van der Waals surface area contributed by atoms with Crippen LogP contribution in [0.3, 0.4) is 0 Å². The Morgan fingerprint density at radius 3 is 2.64 bits per heavy atom. The second-order valence-electron chi connectivity index (χ2n) is 6.32. The van der Waals surface area contributed by atoms with Gasteiger partial charge in [-0.05, 0) is 32.9 Å². The molecule has 25 heavy (non-hydrogen) atoms. The van der Waals surface area contributed by atoms with Gasteiger partial charge in [-0.2, -0.15) is 0 Å². The van der Waals surface area contributed by atoms with Crippen LogP contribution >= 0.6 is 23.4 Å². The molecule has 0 saturated carbocycles. The number of anilines is 1. The second kappa shape index (κ2) is 7.53. The molecule has 1 aromatic carbocycles. The first kappa shape index (κ1) is 19.4. The molecule has 1 aliphatic rings. The lowest BCUT2D eigenvalue weighted by molar-refractivity contribution is -0.117. The number of fused-ring (bicyclic) bond motifs is 1. The normalized spacial score (nSPS) is 17.0. The molecule has 7 nitrogen and oxygen atoms in total. The maximum absolute atomic E-state index is 12.4. The zero-order chi connectivity index (χ0) is 18.8. The van der Waals surface area contributed by atoms with Crippen LogP contribution in [0.5, 0.6) is 0 Å².